The summed E-state index contributed by atoms with van der Waals surface area (Å²) in [6, 6.07) is 6.71. The summed E-state index contributed by atoms with van der Waals surface area (Å²) in [4.78, 5) is 24.6. The Balaban J connectivity index is 1.90. The number of aliphatic hydroxyl groups excluding tert-OH is 1. The van der Waals surface area contributed by atoms with E-state index in [2.05, 4.69) is 15.7 Å². The highest BCUT2D eigenvalue weighted by molar-refractivity contribution is 7.80. The number of carbonyl (C=O) groups excluding carboxylic acids is 2. The molecule has 0 aromatic heterocycles. The van der Waals surface area contributed by atoms with E-state index in [4.69, 9.17) is 23.8 Å². The summed E-state index contributed by atoms with van der Waals surface area (Å²) in [5, 5.41) is 20.9. The molecule has 2 heterocycles. The molecule has 0 radical (unpaired) electrons. The molecule has 1 aromatic carbocycles. The van der Waals surface area contributed by atoms with Gasteiger partial charge >= 0.3 is 0 Å². The van der Waals surface area contributed by atoms with Crippen molar-refractivity contribution in [3.05, 3.63) is 40.9 Å². The Kier molecular flexibility index (Phi) is 4.35. The molecule has 2 aliphatic rings. The lowest BCUT2D eigenvalue weighted by molar-refractivity contribution is -0.126. The number of amides is 2. The van der Waals surface area contributed by atoms with Crippen molar-refractivity contribution in [1.82, 2.24) is 10.6 Å². The maximum atomic E-state index is 12.6. The third-order valence-electron chi connectivity index (χ3n) is 3.62. The number of thiocarbonyl (C=S) groups is 1. The van der Waals surface area contributed by atoms with Gasteiger partial charge in [-0.25, -0.2) is 0 Å². The van der Waals surface area contributed by atoms with Crippen LogP contribution in [0.4, 0.5) is 5.69 Å². The van der Waals surface area contributed by atoms with Crippen LogP contribution in [0.3, 0.4) is 0 Å². The lowest BCUT2D eigenvalue weighted by atomic mass is 9.99. The van der Waals surface area contributed by atoms with Crippen LogP contribution in [0.2, 0.25) is 5.02 Å². The van der Waals surface area contributed by atoms with E-state index >= 15 is 0 Å². The number of carbonyl (C=O) groups is 2. The molecule has 0 saturated carbocycles. The first kappa shape index (κ1) is 16.6. The minimum absolute atomic E-state index is 0.0471. The number of aliphatic hydroxyl groups is 1. The van der Waals surface area contributed by atoms with E-state index in [1.165, 1.54) is 11.1 Å². The van der Waals surface area contributed by atoms with Crippen LogP contribution < -0.4 is 15.6 Å². The average molecular weight is 365 g/mol. The quantitative estimate of drug-likeness (QED) is 0.536. The van der Waals surface area contributed by atoms with Crippen LogP contribution >= 0.6 is 23.8 Å². The predicted octanol–water partition coefficient (Wildman–Crippen LogP) is 0.928. The van der Waals surface area contributed by atoms with Gasteiger partial charge in [-0.15, -0.1) is 0 Å². The topological polar surface area (TPSA) is 94.0 Å². The normalized spacial score (nSPS) is 25.6. The number of halogens is 1. The SMILES string of the molecule is CC1=NN(c2cccc(Cl)c2)C(=O)/C1=C\C1C(=O)NC(=S)NC1O. The van der Waals surface area contributed by atoms with Gasteiger partial charge in [0, 0.05) is 5.02 Å². The van der Waals surface area contributed by atoms with Crippen LogP contribution in [0.5, 0.6) is 0 Å². The van der Waals surface area contributed by atoms with Crippen molar-refractivity contribution in [2.75, 3.05) is 5.01 Å². The second-order valence-electron chi connectivity index (χ2n) is 5.30. The Bertz CT molecular complexity index is 808. The van der Waals surface area contributed by atoms with Gasteiger partial charge < -0.3 is 15.7 Å². The molecule has 2 atom stereocenters. The molecule has 1 aromatic rings. The van der Waals surface area contributed by atoms with E-state index in [1.807, 2.05) is 0 Å². The van der Waals surface area contributed by atoms with Crippen molar-refractivity contribution in [2.24, 2.45) is 11.0 Å². The monoisotopic (exact) mass is 364 g/mol. The summed E-state index contributed by atoms with van der Waals surface area (Å²) in [6.45, 7) is 1.65. The fraction of sp³-hybridized carbons (Fsp3) is 0.200. The van der Waals surface area contributed by atoms with Gasteiger partial charge in [-0.2, -0.15) is 10.1 Å². The highest BCUT2D eigenvalue weighted by Gasteiger charge is 2.35. The zero-order valence-corrected chi connectivity index (χ0v) is 14.1. The van der Waals surface area contributed by atoms with Gasteiger partial charge in [-0.1, -0.05) is 23.7 Å². The summed E-state index contributed by atoms with van der Waals surface area (Å²) in [6.07, 6.45) is 0.181. The summed E-state index contributed by atoms with van der Waals surface area (Å²) in [5.41, 5.74) is 1.19. The van der Waals surface area contributed by atoms with E-state index in [0.29, 0.717) is 16.4 Å². The molecule has 3 rings (SSSR count). The Morgan fingerprint density at radius 3 is 2.83 bits per heavy atom. The number of rotatable bonds is 2. The van der Waals surface area contributed by atoms with Crippen LogP contribution in [-0.2, 0) is 9.59 Å². The summed E-state index contributed by atoms with van der Waals surface area (Å²) in [7, 11) is 0. The molecule has 0 bridgehead atoms. The van der Waals surface area contributed by atoms with E-state index in [9.17, 15) is 14.7 Å². The minimum Gasteiger partial charge on any atom is -0.373 e. The second-order valence-corrected chi connectivity index (χ2v) is 6.14. The molecule has 0 aliphatic carbocycles. The predicted molar refractivity (Wildman–Crippen MR) is 93.5 cm³/mol. The van der Waals surface area contributed by atoms with Gasteiger partial charge in [0.05, 0.1) is 17.0 Å². The average Bonchev–Trinajstić information content (AvgIpc) is 2.78. The van der Waals surface area contributed by atoms with Gasteiger partial charge in [0.2, 0.25) is 5.91 Å². The van der Waals surface area contributed by atoms with Crippen LogP contribution in [0.25, 0.3) is 0 Å². The molecule has 2 unspecified atom stereocenters. The van der Waals surface area contributed by atoms with Crippen LogP contribution in [0, 0.1) is 5.92 Å². The van der Waals surface area contributed by atoms with E-state index in [0.717, 1.165) is 0 Å². The highest BCUT2D eigenvalue weighted by Crippen LogP contribution is 2.27. The lowest BCUT2D eigenvalue weighted by Crippen LogP contribution is -2.57. The van der Waals surface area contributed by atoms with Gasteiger partial charge in [0.15, 0.2) is 5.11 Å². The molecule has 0 spiro atoms. The zero-order valence-electron chi connectivity index (χ0n) is 12.5. The largest absolute Gasteiger partial charge is 0.373 e. The third kappa shape index (κ3) is 3.03. The zero-order chi connectivity index (χ0) is 17.4. The molecule has 1 fully saturated rings. The van der Waals surface area contributed by atoms with E-state index in [-0.39, 0.29) is 10.7 Å². The first-order chi connectivity index (χ1) is 11.4. The van der Waals surface area contributed by atoms with Crippen molar-refractivity contribution in [3.63, 3.8) is 0 Å². The molecular formula is C15H13ClN4O3S. The van der Waals surface area contributed by atoms with Crippen molar-refractivity contribution >= 4 is 52.1 Å². The number of nitrogens with one attached hydrogen (secondary N) is 2. The summed E-state index contributed by atoms with van der Waals surface area (Å²) < 4.78 is 0. The highest BCUT2D eigenvalue weighted by atomic mass is 35.5. The Hall–Kier alpha value is -2.29. The number of benzene rings is 1. The maximum Gasteiger partial charge on any atom is 0.280 e. The number of hydrazone groups is 1. The van der Waals surface area contributed by atoms with Gasteiger partial charge in [-0.3, -0.25) is 9.59 Å². The van der Waals surface area contributed by atoms with Crippen LogP contribution in [0.15, 0.2) is 41.0 Å². The molecule has 2 aliphatic heterocycles. The first-order valence-electron chi connectivity index (χ1n) is 7.03. The number of hydrogen-bond acceptors (Lipinski definition) is 5. The smallest absolute Gasteiger partial charge is 0.280 e. The number of hydrogen-bond donors (Lipinski definition) is 3. The molecule has 24 heavy (non-hydrogen) atoms. The Morgan fingerprint density at radius 1 is 1.42 bits per heavy atom. The molecule has 9 heteroatoms. The Labute approximate surface area is 148 Å². The minimum atomic E-state index is -1.21. The van der Waals surface area contributed by atoms with Crippen LogP contribution in [-0.4, -0.2) is 34.0 Å². The lowest BCUT2D eigenvalue weighted by Gasteiger charge is -2.27. The molecule has 7 nitrogen and oxygen atoms in total. The van der Waals surface area contributed by atoms with Gasteiger partial charge in [0.1, 0.15) is 12.1 Å². The molecule has 124 valence electrons. The van der Waals surface area contributed by atoms with Crippen molar-refractivity contribution < 1.29 is 14.7 Å². The second kappa shape index (κ2) is 6.31. The number of anilines is 1. The standard InChI is InChI=1S/C15H13ClN4O3S/c1-7-10(6-11-12(21)17-15(24)18-13(11)22)14(23)20(19-7)9-4-2-3-8(16)5-9/h2-6,11-12,21H,1H3,(H2,17,18,22,24)/b10-6-. The van der Waals surface area contributed by atoms with Gasteiger partial charge in [-0.05, 0) is 37.3 Å². The van der Waals surface area contributed by atoms with Crippen molar-refractivity contribution in [3.8, 4) is 0 Å². The third-order valence-corrected chi connectivity index (χ3v) is 4.08. The molecule has 2 amide bonds. The summed E-state index contributed by atoms with van der Waals surface area (Å²) >= 11 is 10.7. The molecule has 3 N–H and O–H groups in total. The first-order valence-corrected chi connectivity index (χ1v) is 7.82. The Morgan fingerprint density at radius 2 is 2.17 bits per heavy atom. The number of nitrogens with zero attached hydrogens (tertiary/aromatic N) is 2. The fourth-order valence-electron chi connectivity index (χ4n) is 2.44. The molecule has 1 saturated heterocycles. The van der Waals surface area contributed by atoms with E-state index in [1.54, 1.807) is 31.2 Å². The van der Waals surface area contributed by atoms with E-state index < -0.39 is 24.0 Å². The van der Waals surface area contributed by atoms with Crippen LogP contribution in [0.1, 0.15) is 6.92 Å². The maximum absolute atomic E-state index is 12.6. The molecular weight excluding hydrogens is 352 g/mol. The summed E-state index contributed by atoms with van der Waals surface area (Å²) in [5.74, 6) is -1.84. The van der Waals surface area contributed by atoms with Crippen molar-refractivity contribution in [1.29, 1.82) is 0 Å². The van der Waals surface area contributed by atoms with Gasteiger partial charge in [0.25, 0.3) is 5.91 Å². The van der Waals surface area contributed by atoms with Crippen molar-refractivity contribution in [2.45, 2.75) is 13.2 Å². The fourth-order valence-corrected chi connectivity index (χ4v) is 2.84.